The van der Waals surface area contributed by atoms with Gasteiger partial charge in [0.05, 0.1) is 11.7 Å². The first-order valence-corrected chi connectivity index (χ1v) is 9.67. The van der Waals surface area contributed by atoms with Crippen LogP contribution in [0.2, 0.25) is 0 Å². The van der Waals surface area contributed by atoms with Gasteiger partial charge in [0.25, 0.3) is 5.91 Å². The minimum Gasteiger partial charge on any atom is -0.351 e. The van der Waals surface area contributed by atoms with Crippen molar-refractivity contribution in [2.45, 2.75) is 25.6 Å². The summed E-state index contributed by atoms with van der Waals surface area (Å²) < 4.78 is 3.70. The normalized spacial score (nSPS) is 17.2. The first-order chi connectivity index (χ1) is 12.7. The van der Waals surface area contributed by atoms with E-state index >= 15 is 0 Å². The highest BCUT2D eigenvalue weighted by atomic mass is 32.1. The molecule has 7 nitrogen and oxygen atoms in total. The highest BCUT2D eigenvalue weighted by molar-refractivity contribution is 7.07. The van der Waals surface area contributed by atoms with E-state index in [1.165, 1.54) is 11.3 Å². The van der Waals surface area contributed by atoms with E-state index in [1.807, 2.05) is 6.20 Å². The van der Waals surface area contributed by atoms with Gasteiger partial charge in [-0.15, -0.1) is 0 Å². The molecule has 136 valence electrons. The Morgan fingerprint density at radius 3 is 2.96 bits per heavy atom. The van der Waals surface area contributed by atoms with Crippen LogP contribution in [-0.4, -0.2) is 43.5 Å². The molecule has 3 aromatic heterocycles. The second-order valence-electron chi connectivity index (χ2n) is 6.61. The number of fused-ring (bicyclic) bond motifs is 1. The monoisotopic (exact) mass is 370 g/mol. The van der Waals surface area contributed by atoms with E-state index in [1.54, 1.807) is 35.3 Å². The SMILES string of the molecule is Cn1nccc1C(=O)NCC[C@@H]1CN(Cc2ccsc2)Cc2ccnn21. The van der Waals surface area contributed by atoms with Gasteiger partial charge in [-0.25, -0.2) is 0 Å². The quantitative estimate of drug-likeness (QED) is 0.721. The van der Waals surface area contributed by atoms with Crippen LogP contribution in [0.4, 0.5) is 0 Å². The van der Waals surface area contributed by atoms with Gasteiger partial charge in [-0.05, 0) is 40.9 Å². The first-order valence-electron chi connectivity index (χ1n) is 8.73. The molecule has 0 saturated carbocycles. The molecule has 26 heavy (non-hydrogen) atoms. The third-order valence-corrected chi connectivity index (χ3v) is 5.49. The molecule has 0 bridgehead atoms. The van der Waals surface area contributed by atoms with Gasteiger partial charge in [-0.3, -0.25) is 19.1 Å². The Morgan fingerprint density at radius 1 is 1.31 bits per heavy atom. The summed E-state index contributed by atoms with van der Waals surface area (Å²) in [4.78, 5) is 14.7. The maximum absolute atomic E-state index is 12.2. The van der Waals surface area contributed by atoms with Gasteiger partial charge < -0.3 is 5.32 Å². The summed E-state index contributed by atoms with van der Waals surface area (Å²) in [5.41, 5.74) is 3.16. The number of nitrogens with zero attached hydrogens (tertiary/aromatic N) is 5. The van der Waals surface area contributed by atoms with Gasteiger partial charge >= 0.3 is 0 Å². The van der Waals surface area contributed by atoms with Crippen molar-refractivity contribution in [3.63, 3.8) is 0 Å². The maximum Gasteiger partial charge on any atom is 0.269 e. The number of thiophene rings is 1. The van der Waals surface area contributed by atoms with Crippen molar-refractivity contribution in [3.8, 4) is 0 Å². The number of aromatic nitrogens is 4. The van der Waals surface area contributed by atoms with Gasteiger partial charge in [0.15, 0.2) is 0 Å². The van der Waals surface area contributed by atoms with E-state index in [0.717, 1.165) is 26.1 Å². The summed E-state index contributed by atoms with van der Waals surface area (Å²) >= 11 is 1.73. The summed E-state index contributed by atoms with van der Waals surface area (Å²) in [5, 5.41) is 15.9. The minimum absolute atomic E-state index is 0.0865. The molecule has 0 fully saturated rings. The molecule has 4 rings (SSSR count). The molecule has 3 aromatic rings. The van der Waals surface area contributed by atoms with E-state index in [0.29, 0.717) is 12.2 Å². The fraction of sp³-hybridized carbons (Fsp3) is 0.389. The Kier molecular flexibility index (Phi) is 4.85. The number of hydrogen-bond acceptors (Lipinski definition) is 5. The van der Waals surface area contributed by atoms with E-state index in [2.05, 4.69) is 48.0 Å². The molecule has 0 aliphatic carbocycles. The lowest BCUT2D eigenvalue weighted by atomic mass is 10.1. The summed E-state index contributed by atoms with van der Waals surface area (Å²) in [6, 6.07) is 6.25. The fourth-order valence-corrected chi connectivity index (χ4v) is 4.14. The zero-order valence-electron chi connectivity index (χ0n) is 14.7. The number of amides is 1. The van der Waals surface area contributed by atoms with Crippen LogP contribution in [0.1, 0.15) is 34.2 Å². The largest absolute Gasteiger partial charge is 0.351 e. The van der Waals surface area contributed by atoms with Gasteiger partial charge in [0.1, 0.15) is 5.69 Å². The van der Waals surface area contributed by atoms with Crippen LogP contribution in [-0.2, 0) is 20.1 Å². The number of hydrogen-bond donors (Lipinski definition) is 1. The molecule has 0 radical (unpaired) electrons. The highest BCUT2D eigenvalue weighted by Crippen LogP contribution is 2.24. The van der Waals surface area contributed by atoms with Crippen LogP contribution >= 0.6 is 11.3 Å². The van der Waals surface area contributed by atoms with Crippen molar-refractivity contribution in [3.05, 3.63) is 58.3 Å². The lowest BCUT2D eigenvalue weighted by Crippen LogP contribution is -2.39. The molecule has 1 aliphatic rings. The van der Waals surface area contributed by atoms with Crippen LogP contribution in [0.15, 0.2) is 41.4 Å². The second-order valence-corrected chi connectivity index (χ2v) is 7.39. The van der Waals surface area contributed by atoms with Crippen molar-refractivity contribution in [2.24, 2.45) is 7.05 Å². The van der Waals surface area contributed by atoms with Crippen LogP contribution in [0.25, 0.3) is 0 Å². The van der Waals surface area contributed by atoms with Crippen molar-refractivity contribution < 1.29 is 4.79 Å². The predicted molar refractivity (Wildman–Crippen MR) is 99.9 cm³/mol. The Morgan fingerprint density at radius 2 is 2.19 bits per heavy atom. The molecule has 1 amide bonds. The maximum atomic E-state index is 12.2. The first kappa shape index (κ1) is 17.0. The molecule has 4 heterocycles. The lowest BCUT2D eigenvalue weighted by molar-refractivity contribution is 0.0937. The standard InChI is InChI=1S/C18H22N6OS/c1-22-17(4-8-20-22)18(25)19-6-2-15-11-23(10-14-5-9-26-13-14)12-16-3-7-21-24(15)16/h3-5,7-9,13,15H,2,6,10-12H2,1H3,(H,19,25)/t15-/m1/s1. The summed E-state index contributed by atoms with van der Waals surface area (Å²) in [7, 11) is 1.77. The van der Waals surface area contributed by atoms with Crippen molar-refractivity contribution in [2.75, 3.05) is 13.1 Å². The minimum atomic E-state index is -0.0865. The number of carbonyl (C=O) groups excluding carboxylic acids is 1. The predicted octanol–water partition coefficient (Wildman–Crippen LogP) is 2.06. The number of aryl methyl sites for hydroxylation is 1. The Bertz CT molecular complexity index is 868. The molecule has 0 saturated heterocycles. The third kappa shape index (κ3) is 3.56. The molecule has 0 aromatic carbocycles. The highest BCUT2D eigenvalue weighted by Gasteiger charge is 2.25. The van der Waals surface area contributed by atoms with Crippen molar-refractivity contribution in [1.29, 1.82) is 0 Å². The average molecular weight is 370 g/mol. The van der Waals surface area contributed by atoms with E-state index in [4.69, 9.17) is 0 Å². The number of carbonyl (C=O) groups is 1. The molecular weight excluding hydrogens is 348 g/mol. The molecule has 0 unspecified atom stereocenters. The van der Waals surface area contributed by atoms with Crippen molar-refractivity contribution in [1.82, 2.24) is 29.8 Å². The summed E-state index contributed by atoms with van der Waals surface area (Å²) in [6.45, 7) is 3.41. The molecular formula is C18H22N6OS. The summed E-state index contributed by atoms with van der Waals surface area (Å²) in [5.74, 6) is -0.0865. The molecule has 1 atom stereocenters. The fourth-order valence-electron chi connectivity index (χ4n) is 3.48. The third-order valence-electron chi connectivity index (χ3n) is 4.76. The van der Waals surface area contributed by atoms with E-state index in [-0.39, 0.29) is 11.9 Å². The van der Waals surface area contributed by atoms with Crippen LogP contribution in [0.5, 0.6) is 0 Å². The Hall–Kier alpha value is -2.45. The topological polar surface area (TPSA) is 68.0 Å². The smallest absolute Gasteiger partial charge is 0.269 e. The summed E-state index contributed by atoms with van der Waals surface area (Å²) in [6.07, 6.45) is 4.34. The Labute approximate surface area is 156 Å². The van der Waals surface area contributed by atoms with E-state index < -0.39 is 0 Å². The van der Waals surface area contributed by atoms with Gasteiger partial charge in [0.2, 0.25) is 0 Å². The van der Waals surface area contributed by atoms with Gasteiger partial charge in [0, 0.05) is 45.6 Å². The molecule has 0 spiro atoms. The van der Waals surface area contributed by atoms with Crippen LogP contribution in [0, 0.1) is 0 Å². The number of rotatable bonds is 6. The van der Waals surface area contributed by atoms with E-state index in [9.17, 15) is 4.79 Å². The van der Waals surface area contributed by atoms with Gasteiger partial charge in [-0.2, -0.15) is 21.5 Å². The molecule has 8 heteroatoms. The second kappa shape index (κ2) is 7.43. The van der Waals surface area contributed by atoms with Gasteiger partial charge in [-0.1, -0.05) is 0 Å². The number of nitrogens with one attached hydrogen (secondary N) is 1. The lowest BCUT2D eigenvalue weighted by Gasteiger charge is -2.33. The van der Waals surface area contributed by atoms with Crippen molar-refractivity contribution >= 4 is 17.2 Å². The molecule has 1 aliphatic heterocycles. The zero-order valence-corrected chi connectivity index (χ0v) is 15.5. The Balaban J connectivity index is 1.37. The molecule has 1 N–H and O–H groups in total. The van der Waals surface area contributed by atoms with Crippen LogP contribution < -0.4 is 5.32 Å². The average Bonchev–Trinajstić information content (AvgIpc) is 3.36. The zero-order chi connectivity index (χ0) is 17.9. The van der Waals surface area contributed by atoms with Crippen LogP contribution in [0.3, 0.4) is 0 Å².